The smallest absolute Gasteiger partial charge is 0.257 e. The topological polar surface area (TPSA) is 80.5 Å². The SMILES string of the molecule is C[C@H]1Nc2ccn3ncc(c3n2)C(=O)N[C@@H]2CCC[C@H]2Oc2ccc(F)cc21. The number of anilines is 1. The molecule has 1 aliphatic carbocycles. The van der Waals surface area contributed by atoms with Gasteiger partial charge in [-0.25, -0.2) is 13.9 Å². The summed E-state index contributed by atoms with van der Waals surface area (Å²) in [5.41, 5.74) is 1.61. The highest BCUT2D eigenvalue weighted by Crippen LogP contribution is 2.33. The first-order valence-electron chi connectivity index (χ1n) is 9.46. The number of ether oxygens (including phenoxy) is 1. The van der Waals surface area contributed by atoms with Crippen LogP contribution in [0.4, 0.5) is 10.2 Å². The molecule has 1 aromatic carbocycles. The standard InChI is InChI=1S/C20H20FN5O2/c1-11-13-9-12(21)5-6-16(13)28-17-4-2-3-15(17)24-20(27)14-10-22-26-8-7-18(23-11)25-19(14)26/h5-11,15,17H,2-4H2,1H3,(H,23,25)(H,24,27)/t11-,15-,17-/m1/s1. The Hall–Kier alpha value is -3.16. The van der Waals surface area contributed by atoms with Crippen molar-refractivity contribution < 1.29 is 13.9 Å². The molecule has 144 valence electrons. The zero-order chi connectivity index (χ0) is 19.3. The molecule has 8 heteroatoms. The Bertz CT molecular complexity index is 1070. The van der Waals surface area contributed by atoms with Crippen LogP contribution in [-0.4, -0.2) is 32.7 Å². The minimum atomic E-state index is -0.321. The summed E-state index contributed by atoms with van der Waals surface area (Å²) in [5.74, 6) is 0.657. The van der Waals surface area contributed by atoms with Crippen molar-refractivity contribution in [2.45, 2.75) is 44.4 Å². The van der Waals surface area contributed by atoms with Gasteiger partial charge in [-0.1, -0.05) is 0 Å². The van der Waals surface area contributed by atoms with Crippen molar-refractivity contribution in [1.29, 1.82) is 0 Å². The summed E-state index contributed by atoms with van der Waals surface area (Å²) < 4.78 is 21.8. The Balaban J connectivity index is 1.64. The number of carbonyl (C=O) groups is 1. The summed E-state index contributed by atoms with van der Waals surface area (Å²) in [6.45, 7) is 1.93. The Morgan fingerprint density at radius 2 is 2.14 bits per heavy atom. The highest BCUT2D eigenvalue weighted by molar-refractivity contribution is 6.00. The van der Waals surface area contributed by atoms with Crippen LogP contribution in [0.2, 0.25) is 0 Å². The van der Waals surface area contributed by atoms with Crippen LogP contribution in [0.3, 0.4) is 0 Å². The lowest BCUT2D eigenvalue weighted by Crippen LogP contribution is -2.42. The minimum Gasteiger partial charge on any atom is -0.488 e. The van der Waals surface area contributed by atoms with E-state index < -0.39 is 0 Å². The number of nitrogens with one attached hydrogen (secondary N) is 2. The van der Waals surface area contributed by atoms with E-state index in [2.05, 4.69) is 20.7 Å². The molecule has 1 aliphatic heterocycles. The second-order valence-corrected chi connectivity index (χ2v) is 7.35. The fourth-order valence-electron chi connectivity index (χ4n) is 4.02. The predicted molar refractivity (Wildman–Crippen MR) is 101 cm³/mol. The van der Waals surface area contributed by atoms with Gasteiger partial charge in [0.1, 0.15) is 29.1 Å². The lowest BCUT2D eigenvalue weighted by Gasteiger charge is -2.25. The van der Waals surface area contributed by atoms with Crippen LogP contribution in [0.15, 0.2) is 36.7 Å². The largest absolute Gasteiger partial charge is 0.488 e. The summed E-state index contributed by atoms with van der Waals surface area (Å²) in [7, 11) is 0. The molecule has 2 bridgehead atoms. The van der Waals surface area contributed by atoms with E-state index in [1.165, 1.54) is 18.3 Å². The molecule has 3 aromatic rings. The molecule has 1 saturated carbocycles. The van der Waals surface area contributed by atoms with E-state index in [0.717, 1.165) is 19.3 Å². The molecule has 0 radical (unpaired) electrons. The molecular formula is C20H20FN5O2. The van der Waals surface area contributed by atoms with E-state index in [4.69, 9.17) is 4.74 Å². The molecule has 2 N–H and O–H groups in total. The third-order valence-electron chi connectivity index (χ3n) is 5.46. The van der Waals surface area contributed by atoms with Gasteiger partial charge in [0.05, 0.1) is 18.3 Å². The summed E-state index contributed by atoms with van der Waals surface area (Å²) >= 11 is 0. The molecule has 7 nitrogen and oxygen atoms in total. The van der Waals surface area contributed by atoms with Crippen LogP contribution < -0.4 is 15.4 Å². The summed E-state index contributed by atoms with van der Waals surface area (Å²) in [6.07, 6.45) is 5.73. The molecule has 0 spiro atoms. The van der Waals surface area contributed by atoms with E-state index in [9.17, 15) is 9.18 Å². The van der Waals surface area contributed by atoms with Crippen molar-refractivity contribution >= 4 is 17.4 Å². The van der Waals surface area contributed by atoms with Gasteiger partial charge in [-0.15, -0.1) is 0 Å². The molecule has 5 rings (SSSR count). The number of amides is 1. The second kappa shape index (κ2) is 6.47. The van der Waals surface area contributed by atoms with Crippen LogP contribution >= 0.6 is 0 Å². The molecule has 28 heavy (non-hydrogen) atoms. The first-order chi connectivity index (χ1) is 13.6. The van der Waals surface area contributed by atoms with Gasteiger partial charge in [-0.2, -0.15) is 5.10 Å². The Labute approximate surface area is 160 Å². The van der Waals surface area contributed by atoms with Gasteiger partial charge >= 0.3 is 0 Å². The van der Waals surface area contributed by atoms with Gasteiger partial charge in [0.15, 0.2) is 5.65 Å². The molecule has 2 aromatic heterocycles. The molecule has 3 atom stereocenters. The number of rotatable bonds is 0. The number of fused-ring (bicyclic) bond motifs is 3. The van der Waals surface area contributed by atoms with Crippen molar-refractivity contribution in [2.75, 3.05) is 5.32 Å². The fraction of sp³-hybridized carbons (Fsp3) is 0.350. The summed E-state index contributed by atoms with van der Waals surface area (Å²) in [6, 6.07) is 5.95. The maximum atomic E-state index is 14.0. The number of carbonyl (C=O) groups excluding carboxylic acids is 1. The van der Waals surface area contributed by atoms with Gasteiger partial charge in [0, 0.05) is 11.8 Å². The van der Waals surface area contributed by atoms with E-state index in [-0.39, 0.29) is 29.9 Å². The molecule has 1 amide bonds. The molecule has 3 heterocycles. The Morgan fingerprint density at radius 3 is 3.04 bits per heavy atom. The van der Waals surface area contributed by atoms with Crippen molar-refractivity contribution in [3.8, 4) is 5.75 Å². The van der Waals surface area contributed by atoms with E-state index >= 15 is 0 Å². The number of nitrogens with zero attached hydrogens (tertiary/aromatic N) is 3. The molecular weight excluding hydrogens is 361 g/mol. The zero-order valence-electron chi connectivity index (χ0n) is 15.4. The maximum absolute atomic E-state index is 14.0. The first-order valence-corrected chi connectivity index (χ1v) is 9.46. The minimum absolute atomic E-state index is 0.118. The van der Waals surface area contributed by atoms with Crippen molar-refractivity contribution in [2.24, 2.45) is 0 Å². The normalized spacial score (nSPS) is 24.2. The summed E-state index contributed by atoms with van der Waals surface area (Å²) in [5, 5.41) is 10.6. The average molecular weight is 381 g/mol. The molecule has 0 saturated heterocycles. The zero-order valence-corrected chi connectivity index (χ0v) is 15.4. The van der Waals surface area contributed by atoms with Crippen LogP contribution in [0.1, 0.15) is 48.1 Å². The highest BCUT2D eigenvalue weighted by atomic mass is 19.1. The number of hydrogen-bond acceptors (Lipinski definition) is 5. The molecule has 0 unspecified atom stereocenters. The maximum Gasteiger partial charge on any atom is 0.257 e. The van der Waals surface area contributed by atoms with Gasteiger partial charge < -0.3 is 15.4 Å². The van der Waals surface area contributed by atoms with E-state index in [1.807, 2.05) is 6.92 Å². The third-order valence-corrected chi connectivity index (χ3v) is 5.46. The van der Waals surface area contributed by atoms with Gasteiger partial charge in [-0.05, 0) is 50.5 Å². The van der Waals surface area contributed by atoms with Gasteiger partial charge in [0.2, 0.25) is 0 Å². The number of halogens is 1. The molecule has 2 aliphatic rings. The van der Waals surface area contributed by atoms with Crippen molar-refractivity contribution in [1.82, 2.24) is 19.9 Å². The number of aromatic nitrogens is 3. The average Bonchev–Trinajstić information content (AvgIpc) is 3.29. The second-order valence-electron chi connectivity index (χ2n) is 7.35. The van der Waals surface area contributed by atoms with Crippen LogP contribution in [0.5, 0.6) is 5.75 Å². The molecule has 1 fully saturated rings. The summed E-state index contributed by atoms with van der Waals surface area (Å²) in [4.78, 5) is 17.4. The Morgan fingerprint density at radius 1 is 1.25 bits per heavy atom. The number of hydrogen-bond donors (Lipinski definition) is 2. The number of benzene rings is 1. The van der Waals surface area contributed by atoms with Crippen LogP contribution in [0, 0.1) is 5.82 Å². The fourth-order valence-corrected chi connectivity index (χ4v) is 4.02. The first kappa shape index (κ1) is 17.0. The van der Waals surface area contributed by atoms with Crippen molar-refractivity contribution in [3.05, 3.63) is 53.6 Å². The van der Waals surface area contributed by atoms with Crippen molar-refractivity contribution in [3.63, 3.8) is 0 Å². The van der Waals surface area contributed by atoms with Crippen LogP contribution in [0.25, 0.3) is 5.65 Å². The lowest BCUT2D eigenvalue weighted by atomic mass is 10.1. The van der Waals surface area contributed by atoms with Crippen LogP contribution in [-0.2, 0) is 0 Å². The lowest BCUT2D eigenvalue weighted by molar-refractivity contribution is 0.0894. The monoisotopic (exact) mass is 381 g/mol. The van der Waals surface area contributed by atoms with E-state index in [0.29, 0.717) is 28.3 Å². The predicted octanol–water partition coefficient (Wildman–Crippen LogP) is 3.08. The Kier molecular flexibility index (Phi) is 3.92. The van der Waals surface area contributed by atoms with E-state index in [1.54, 1.807) is 22.8 Å². The van der Waals surface area contributed by atoms with Gasteiger partial charge in [0.25, 0.3) is 5.91 Å². The third kappa shape index (κ3) is 2.85. The quantitative estimate of drug-likeness (QED) is 0.626. The highest BCUT2D eigenvalue weighted by Gasteiger charge is 2.32. The van der Waals surface area contributed by atoms with Gasteiger partial charge in [-0.3, -0.25) is 4.79 Å².